The van der Waals surface area contributed by atoms with Crippen LogP contribution in [0.4, 0.5) is 0 Å². The molecule has 4 N–H and O–H groups in total. The fourth-order valence-corrected chi connectivity index (χ4v) is 7.69. The average Bonchev–Trinajstić information content (AvgIpc) is 3.34. The number of unbranched alkanes of at least 4 members (excludes halogenated alkanes) is 1. The van der Waals surface area contributed by atoms with Crippen molar-refractivity contribution < 1.29 is 23.9 Å². The highest BCUT2D eigenvalue weighted by atomic mass is 16.7. The van der Waals surface area contributed by atoms with Crippen molar-refractivity contribution in [2.75, 3.05) is 6.54 Å². The first-order chi connectivity index (χ1) is 21.2. The van der Waals surface area contributed by atoms with E-state index < -0.39 is 23.7 Å². The van der Waals surface area contributed by atoms with Crippen LogP contribution in [0, 0.1) is 39.2 Å². The number of benzene rings is 1. The van der Waals surface area contributed by atoms with E-state index >= 15 is 0 Å². The number of nitrogens with zero attached hydrogens (tertiary/aromatic N) is 2. The second-order valence-corrected chi connectivity index (χ2v) is 14.5. The SMILES string of the molecule is CCCCc1ccc(C(=O)C[C@@H](CCCN=C(N)N[N+](=O)[O-])C(=O)N[C@@H](CC(C)C)B2O[C@@H]3C[C@H]4C[C@H](C4(C)C)[C@]3(C)O2)cc1. The lowest BCUT2D eigenvalue weighted by Crippen LogP contribution is -2.65. The molecule has 4 fully saturated rings. The van der Waals surface area contributed by atoms with Gasteiger partial charge in [0.2, 0.25) is 5.91 Å². The van der Waals surface area contributed by atoms with Crippen LogP contribution in [0.5, 0.6) is 0 Å². The molecule has 1 aliphatic heterocycles. The van der Waals surface area contributed by atoms with Crippen molar-refractivity contribution >= 4 is 24.8 Å². The van der Waals surface area contributed by atoms with Gasteiger partial charge in [0.25, 0.3) is 5.96 Å². The molecule has 1 heterocycles. The van der Waals surface area contributed by atoms with E-state index in [4.69, 9.17) is 15.0 Å². The first-order valence-corrected chi connectivity index (χ1v) is 16.7. The maximum atomic E-state index is 13.9. The van der Waals surface area contributed by atoms with E-state index in [0.717, 1.165) is 32.1 Å². The number of aliphatic imine (C=N–C) groups is 1. The molecular weight excluding hydrogens is 573 g/mol. The minimum atomic E-state index is -0.774. The Kier molecular flexibility index (Phi) is 11.3. The van der Waals surface area contributed by atoms with Gasteiger partial charge < -0.3 is 20.4 Å². The second kappa shape index (κ2) is 14.6. The fourth-order valence-electron chi connectivity index (χ4n) is 7.69. The molecule has 3 saturated carbocycles. The summed E-state index contributed by atoms with van der Waals surface area (Å²) in [4.78, 5) is 42.0. The molecule has 1 amide bonds. The van der Waals surface area contributed by atoms with Crippen LogP contribution in [0.2, 0.25) is 0 Å². The molecule has 11 nitrogen and oxygen atoms in total. The molecule has 0 aromatic heterocycles. The van der Waals surface area contributed by atoms with E-state index in [1.165, 1.54) is 5.56 Å². The Bertz CT molecular complexity index is 1240. The van der Waals surface area contributed by atoms with Gasteiger partial charge in [-0.1, -0.05) is 70.7 Å². The topological polar surface area (TPSA) is 158 Å². The summed E-state index contributed by atoms with van der Waals surface area (Å²) in [7, 11) is -0.564. The van der Waals surface area contributed by atoms with E-state index in [0.29, 0.717) is 36.7 Å². The predicted molar refractivity (Wildman–Crippen MR) is 175 cm³/mol. The number of nitrogens with one attached hydrogen (secondary N) is 2. The number of guanidine groups is 1. The van der Waals surface area contributed by atoms with Crippen LogP contribution in [-0.4, -0.2) is 54.0 Å². The third-order valence-corrected chi connectivity index (χ3v) is 10.4. The van der Waals surface area contributed by atoms with Gasteiger partial charge in [-0.2, -0.15) is 0 Å². The number of hydrazine groups is 1. The van der Waals surface area contributed by atoms with Crippen LogP contribution < -0.4 is 16.5 Å². The number of carbonyl (C=O) groups excluding carboxylic acids is 2. The Labute approximate surface area is 268 Å². The molecule has 5 rings (SSSR count). The first-order valence-electron chi connectivity index (χ1n) is 16.7. The molecule has 0 spiro atoms. The number of rotatable bonds is 16. The van der Waals surface area contributed by atoms with Crippen LogP contribution in [0.3, 0.4) is 0 Å². The Morgan fingerprint density at radius 1 is 1.18 bits per heavy atom. The number of hydrogen-bond acceptors (Lipinski definition) is 7. The quantitative estimate of drug-likeness (QED) is 0.0446. The normalized spacial score (nSPS) is 26.5. The Hall–Kier alpha value is -2.99. The number of carbonyl (C=O) groups is 2. The van der Waals surface area contributed by atoms with E-state index in [2.05, 4.69) is 51.9 Å². The number of nitro groups is 1. The van der Waals surface area contributed by atoms with Gasteiger partial charge in [0.05, 0.1) is 17.6 Å². The highest BCUT2D eigenvalue weighted by molar-refractivity contribution is 6.47. The molecule has 12 heteroatoms. The smallest absolute Gasteiger partial charge is 0.404 e. The van der Waals surface area contributed by atoms with Crippen LogP contribution in [0.25, 0.3) is 0 Å². The monoisotopic (exact) mass is 625 g/mol. The van der Waals surface area contributed by atoms with Crippen molar-refractivity contribution in [2.24, 2.45) is 39.8 Å². The summed E-state index contributed by atoms with van der Waals surface area (Å²) in [6.45, 7) is 13.4. The highest BCUT2D eigenvalue weighted by Crippen LogP contribution is 2.65. The lowest BCUT2D eigenvalue weighted by Gasteiger charge is -2.64. The molecule has 248 valence electrons. The van der Waals surface area contributed by atoms with Crippen molar-refractivity contribution in [1.82, 2.24) is 10.7 Å². The standard InChI is InChI=1S/C33H52BN5O6/c1-7-8-10-22-12-14-23(15-13-22)26(40)18-24(11-9-16-36-31(35)38-39(42)43)30(41)37-29(17-21(2)3)34-44-28-20-25-19-27(32(25,4)5)33(28,6)45-34/h12-15,21,24-25,27-29H,7-11,16-20H2,1-6H3,(H,37,41)(H3,35,36,38)/t24-,25-,27-,28-,29+,33+/m1/s1. The predicted octanol–water partition coefficient (Wildman–Crippen LogP) is 4.89. The molecule has 1 saturated heterocycles. The van der Waals surface area contributed by atoms with E-state index in [1.807, 2.05) is 29.7 Å². The maximum absolute atomic E-state index is 13.9. The van der Waals surface area contributed by atoms with Crippen LogP contribution >= 0.6 is 0 Å². The summed E-state index contributed by atoms with van der Waals surface area (Å²) >= 11 is 0. The summed E-state index contributed by atoms with van der Waals surface area (Å²) < 4.78 is 13.3. The van der Waals surface area contributed by atoms with Crippen molar-refractivity contribution in [3.05, 3.63) is 45.5 Å². The minimum absolute atomic E-state index is 0.000364. The van der Waals surface area contributed by atoms with Gasteiger partial charge in [-0.05, 0) is 80.6 Å². The van der Waals surface area contributed by atoms with Gasteiger partial charge in [0.15, 0.2) is 10.8 Å². The molecule has 2 bridgehead atoms. The zero-order valence-electron chi connectivity index (χ0n) is 27.8. The molecular formula is C33H52BN5O6. The van der Waals surface area contributed by atoms with Gasteiger partial charge in [0, 0.05) is 24.4 Å². The number of hydrogen-bond donors (Lipinski definition) is 3. The van der Waals surface area contributed by atoms with Crippen molar-refractivity contribution in [2.45, 2.75) is 117 Å². The van der Waals surface area contributed by atoms with Crippen LogP contribution in [0.1, 0.15) is 109 Å². The van der Waals surface area contributed by atoms with Crippen molar-refractivity contribution in [3.8, 4) is 0 Å². The third-order valence-electron chi connectivity index (χ3n) is 10.4. The second-order valence-electron chi connectivity index (χ2n) is 14.5. The lowest BCUT2D eigenvalue weighted by molar-refractivity contribution is -0.525. The molecule has 4 aliphatic rings. The molecule has 3 aliphatic carbocycles. The highest BCUT2D eigenvalue weighted by Gasteiger charge is 2.68. The van der Waals surface area contributed by atoms with E-state index in [9.17, 15) is 19.7 Å². The molecule has 0 unspecified atom stereocenters. The number of nitrogens with two attached hydrogens (primary N) is 1. The van der Waals surface area contributed by atoms with E-state index in [1.54, 1.807) is 0 Å². The number of Topliss-reactive ketones (excluding diaryl/α,β-unsaturated/α-hetero) is 1. The maximum Gasteiger partial charge on any atom is 0.481 e. The summed E-state index contributed by atoms with van der Waals surface area (Å²) in [6.07, 6.45) is 6.74. The third kappa shape index (κ3) is 8.25. The molecule has 0 radical (unpaired) electrons. The number of amides is 1. The Morgan fingerprint density at radius 2 is 1.89 bits per heavy atom. The minimum Gasteiger partial charge on any atom is -0.404 e. The lowest BCUT2D eigenvalue weighted by atomic mass is 9.43. The van der Waals surface area contributed by atoms with Crippen LogP contribution in [0.15, 0.2) is 29.3 Å². The molecule has 1 aromatic carbocycles. The Morgan fingerprint density at radius 3 is 2.51 bits per heavy atom. The van der Waals surface area contributed by atoms with Gasteiger partial charge in [-0.25, -0.2) is 15.1 Å². The summed E-state index contributed by atoms with van der Waals surface area (Å²) in [6, 6.07) is 7.65. The molecule has 6 atom stereocenters. The number of ketones is 1. The molecule has 45 heavy (non-hydrogen) atoms. The van der Waals surface area contributed by atoms with Gasteiger partial charge in [-0.3, -0.25) is 9.59 Å². The average molecular weight is 626 g/mol. The van der Waals surface area contributed by atoms with Gasteiger partial charge in [0.1, 0.15) is 0 Å². The van der Waals surface area contributed by atoms with Crippen molar-refractivity contribution in [1.29, 1.82) is 0 Å². The molecule has 1 aromatic rings. The zero-order chi connectivity index (χ0) is 32.9. The van der Waals surface area contributed by atoms with Gasteiger partial charge in [-0.15, -0.1) is 0 Å². The summed E-state index contributed by atoms with van der Waals surface area (Å²) in [5.74, 6) is -0.327. The van der Waals surface area contributed by atoms with Gasteiger partial charge >= 0.3 is 7.12 Å². The fraction of sp³-hybridized carbons (Fsp3) is 0.727. The summed E-state index contributed by atoms with van der Waals surface area (Å²) in [5, 5.41) is 13.1. The van der Waals surface area contributed by atoms with Crippen molar-refractivity contribution in [3.63, 3.8) is 0 Å². The Balaban J connectivity index is 1.47. The van der Waals surface area contributed by atoms with E-state index in [-0.39, 0.29) is 54.0 Å². The largest absolute Gasteiger partial charge is 0.481 e. The number of aryl methyl sites for hydroxylation is 1. The first kappa shape index (κ1) is 34.9. The summed E-state index contributed by atoms with van der Waals surface area (Å²) in [5.41, 5.74) is 8.96. The zero-order valence-corrected chi connectivity index (χ0v) is 27.8. The van der Waals surface area contributed by atoms with Crippen LogP contribution in [-0.2, 0) is 20.5 Å².